The van der Waals surface area contributed by atoms with Crippen molar-refractivity contribution in [1.82, 2.24) is 9.80 Å². The molecule has 2 aromatic rings. The van der Waals surface area contributed by atoms with Crippen LogP contribution in [0.15, 0.2) is 58.6 Å². The predicted molar refractivity (Wildman–Crippen MR) is 117 cm³/mol. The molecular weight excluding hydrogens is 451 g/mol. The molecule has 1 aliphatic heterocycles. The predicted octanol–water partition coefficient (Wildman–Crippen LogP) is 4.35. The highest BCUT2D eigenvalue weighted by atomic mass is 79.9. The lowest BCUT2D eigenvalue weighted by molar-refractivity contribution is -0.140. The van der Waals surface area contributed by atoms with E-state index < -0.39 is 23.5 Å². The van der Waals surface area contributed by atoms with Gasteiger partial charge in [-0.1, -0.05) is 41.9 Å². The maximum absolute atomic E-state index is 13.3. The molecule has 1 fully saturated rings. The number of halogens is 2. The second kappa shape index (κ2) is 9.53. The number of likely N-dealkylation sites (N-methyl/N-ethyl adjacent to an activating group) is 1. The monoisotopic (exact) mass is 474 g/mol. The Bertz CT molecular complexity index is 971. The number of aliphatic hydroxyl groups is 1. The van der Waals surface area contributed by atoms with Crippen molar-refractivity contribution in [3.8, 4) is 0 Å². The van der Waals surface area contributed by atoms with E-state index in [-0.39, 0.29) is 16.9 Å². The summed E-state index contributed by atoms with van der Waals surface area (Å²) in [6.07, 6.45) is 0. The fraction of sp³-hybridized carbons (Fsp3) is 0.304. The van der Waals surface area contributed by atoms with Crippen LogP contribution < -0.4 is 0 Å². The summed E-state index contributed by atoms with van der Waals surface area (Å²) >= 11 is 3.44. The summed E-state index contributed by atoms with van der Waals surface area (Å²) in [5.41, 5.74) is 1.02. The Morgan fingerprint density at radius 3 is 2.40 bits per heavy atom. The number of likely N-dealkylation sites (tertiary alicyclic amines) is 1. The zero-order valence-corrected chi connectivity index (χ0v) is 18.5. The van der Waals surface area contributed by atoms with Gasteiger partial charge in [-0.2, -0.15) is 0 Å². The molecule has 0 spiro atoms. The normalized spacial score (nSPS) is 18.4. The minimum atomic E-state index is -0.735. The van der Waals surface area contributed by atoms with Crippen LogP contribution in [0.5, 0.6) is 0 Å². The standard InChI is InChI=1S/C23H24BrFN2O3/c1-3-26(4-2)12-13-27-20(16-6-5-7-17(24)14-16)19(22(29)23(27)30)21(28)15-8-10-18(25)11-9-15/h5-11,14,20,28H,3-4,12-13H2,1-2H3/t20-/m0/s1. The average Bonchev–Trinajstić information content (AvgIpc) is 2.99. The molecule has 0 aliphatic carbocycles. The Balaban J connectivity index is 2.09. The third kappa shape index (κ3) is 4.47. The van der Waals surface area contributed by atoms with E-state index in [0.29, 0.717) is 18.7 Å². The van der Waals surface area contributed by atoms with Crippen LogP contribution in [0.25, 0.3) is 5.76 Å². The number of carbonyl (C=O) groups is 2. The summed E-state index contributed by atoms with van der Waals surface area (Å²) < 4.78 is 14.1. The highest BCUT2D eigenvalue weighted by Gasteiger charge is 2.46. The summed E-state index contributed by atoms with van der Waals surface area (Å²) in [7, 11) is 0. The third-order valence-corrected chi connectivity index (χ3v) is 5.87. The number of hydrogen-bond donors (Lipinski definition) is 1. The summed E-state index contributed by atoms with van der Waals surface area (Å²) in [5.74, 6) is -2.13. The largest absolute Gasteiger partial charge is 0.507 e. The van der Waals surface area contributed by atoms with Crippen molar-refractivity contribution in [2.45, 2.75) is 19.9 Å². The van der Waals surface area contributed by atoms with Crippen LogP contribution in [0.3, 0.4) is 0 Å². The molecule has 0 unspecified atom stereocenters. The van der Waals surface area contributed by atoms with Crippen LogP contribution in [0.2, 0.25) is 0 Å². The molecule has 0 saturated carbocycles. The number of nitrogens with zero attached hydrogens (tertiary/aromatic N) is 2. The van der Waals surface area contributed by atoms with E-state index in [4.69, 9.17) is 0 Å². The van der Waals surface area contributed by atoms with Gasteiger partial charge in [0.15, 0.2) is 0 Å². The third-order valence-electron chi connectivity index (χ3n) is 5.37. The second-order valence-electron chi connectivity index (χ2n) is 7.08. The molecule has 0 bridgehead atoms. The Morgan fingerprint density at radius 1 is 1.13 bits per heavy atom. The second-order valence-corrected chi connectivity index (χ2v) is 8.00. The molecule has 1 N–H and O–H groups in total. The fourth-order valence-corrected chi connectivity index (χ4v) is 4.10. The molecular formula is C23H24BrFN2O3. The van der Waals surface area contributed by atoms with Gasteiger partial charge in [-0.15, -0.1) is 0 Å². The molecule has 1 saturated heterocycles. The zero-order chi connectivity index (χ0) is 21.8. The summed E-state index contributed by atoms with van der Waals surface area (Å²) in [6.45, 7) is 6.70. The van der Waals surface area contributed by atoms with Crippen LogP contribution in [-0.4, -0.2) is 52.8 Å². The van der Waals surface area contributed by atoms with E-state index in [2.05, 4.69) is 20.8 Å². The van der Waals surface area contributed by atoms with E-state index >= 15 is 0 Å². The van der Waals surface area contributed by atoms with Gasteiger partial charge in [0.05, 0.1) is 11.6 Å². The number of ketones is 1. The molecule has 0 radical (unpaired) electrons. The van der Waals surface area contributed by atoms with Crippen LogP contribution >= 0.6 is 15.9 Å². The summed E-state index contributed by atoms with van der Waals surface area (Å²) in [4.78, 5) is 29.5. The number of Topliss-reactive ketones (excluding diaryl/α,β-unsaturated/α-hetero) is 1. The Hall–Kier alpha value is -2.51. The minimum absolute atomic E-state index is 0.0178. The van der Waals surface area contributed by atoms with E-state index in [0.717, 1.165) is 17.6 Å². The molecule has 1 aliphatic rings. The van der Waals surface area contributed by atoms with Crippen molar-refractivity contribution >= 4 is 33.4 Å². The van der Waals surface area contributed by atoms with Gasteiger partial charge in [0, 0.05) is 23.1 Å². The van der Waals surface area contributed by atoms with Crippen molar-refractivity contribution in [2.24, 2.45) is 0 Å². The lowest BCUT2D eigenvalue weighted by atomic mass is 9.95. The quantitative estimate of drug-likeness (QED) is 0.368. The van der Waals surface area contributed by atoms with Crippen molar-refractivity contribution in [1.29, 1.82) is 0 Å². The van der Waals surface area contributed by atoms with Gasteiger partial charge in [-0.3, -0.25) is 9.59 Å². The van der Waals surface area contributed by atoms with E-state index in [1.165, 1.54) is 29.2 Å². The minimum Gasteiger partial charge on any atom is -0.507 e. The zero-order valence-electron chi connectivity index (χ0n) is 16.9. The molecule has 2 aromatic carbocycles. The Morgan fingerprint density at radius 2 is 1.80 bits per heavy atom. The van der Waals surface area contributed by atoms with Gasteiger partial charge in [0.1, 0.15) is 11.6 Å². The first kappa shape index (κ1) is 22.2. The topological polar surface area (TPSA) is 60.9 Å². The SMILES string of the molecule is CCN(CC)CCN1C(=O)C(=O)C(=C(O)c2ccc(F)cc2)[C@@H]1c1cccc(Br)c1. The molecule has 1 amide bonds. The first-order chi connectivity index (χ1) is 14.4. The van der Waals surface area contributed by atoms with Crippen LogP contribution in [0.4, 0.5) is 4.39 Å². The maximum Gasteiger partial charge on any atom is 0.295 e. The number of benzene rings is 2. The Kier molecular flexibility index (Phi) is 7.05. The molecule has 5 nitrogen and oxygen atoms in total. The van der Waals surface area contributed by atoms with Crippen molar-refractivity contribution in [2.75, 3.05) is 26.2 Å². The molecule has 158 valence electrons. The van der Waals surface area contributed by atoms with Crippen molar-refractivity contribution in [3.05, 3.63) is 75.5 Å². The lowest BCUT2D eigenvalue weighted by Crippen LogP contribution is -2.38. The number of amides is 1. The average molecular weight is 475 g/mol. The van der Waals surface area contributed by atoms with Crippen molar-refractivity contribution in [3.63, 3.8) is 0 Å². The van der Waals surface area contributed by atoms with Gasteiger partial charge >= 0.3 is 0 Å². The smallest absolute Gasteiger partial charge is 0.295 e. The lowest BCUT2D eigenvalue weighted by Gasteiger charge is -2.28. The first-order valence-electron chi connectivity index (χ1n) is 9.89. The van der Waals surface area contributed by atoms with Crippen LogP contribution in [0, 0.1) is 5.82 Å². The molecule has 0 aromatic heterocycles. The van der Waals surface area contributed by atoms with Gasteiger partial charge in [-0.25, -0.2) is 4.39 Å². The van der Waals surface area contributed by atoms with E-state index in [9.17, 15) is 19.1 Å². The van der Waals surface area contributed by atoms with Gasteiger partial charge in [0.2, 0.25) is 0 Å². The van der Waals surface area contributed by atoms with E-state index in [1.54, 1.807) is 0 Å². The number of carbonyl (C=O) groups excluding carboxylic acids is 2. The van der Waals surface area contributed by atoms with E-state index in [1.807, 2.05) is 38.1 Å². The van der Waals surface area contributed by atoms with Gasteiger partial charge in [0.25, 0.3) is 11.7 Å². The molecule has 30 heavy (non-hydrogen) atoms. The maximum atomic E-state index is 13.3. The molecule has 1 atom stereocenters. The highest BCUT2D eigenvalue weighted by Crippen LogP contribution is 2.39. The first-order valence-corrected chi connectivity index (χ1v) is 10.7. The summed E-state index contributed by atoms with van der Waals surface area (Å²) in [5, 5.41) is 10.9. The van der Waals surface area contributed by atoms with Crippen LogP contribution in [0.1, 0.15) is 31.0 Å². The fourth-order valence-electron chi connectivity index (χ4n) is 3.69. The molecule has 1 heterocycles. The van der Waals surface area contributed by atoms with Gasteiger partial charge < -0.3 is 14.9 Å². The van der Waals surface area contributed by atoms with Gasteiger partial charge in [-0.05, 0) is 55.1 Å². The molecule has 3 rings (SSSR count). The molecule has 7 heteroatoms. The van der Waals surface area contributed by atoms with Crippen molar-refractivity contribution < 1.29 is 19.1 Å². The summed E-state index contributed by atoms with van der Waals surface area (Å²) in [6, 6.07) is 11.8. The number of aliphatic hydroxyl groups excluding tert-OH is 1. The highest BCUT2D eigenvalue weighted by molar-refractivity contribution is 9.10. The Labute approximate surface area is 183 Å². The number of hydrogen-bond acceptors (Lipinski definition) is 4. The van der Waals surface area contributed by atoms with Crippen LogP contribution in [-0.2, 0) is 9.59 Å². The number of rotatable bonds is 7.